The Morgan fingerprint density at radius 1 is 1.14 bits per heavy atom. The molecule has 1 aromatic heterocycles. The lowest BCUT2D eigenvalue weighted by atomic mass is 9.80. The molecule has 1 unspecified atom stereocenters. The lowest BCUT2D eigenvalue weighted by Crippen LogP contribution is -2.63. The molecule has 5 N–H and O–H groups in total. The zero-order chi connectivity index (χ0) is 40.1. The summed E-state index contributed by atoms with van der Waals surface area (Å²) in [6.45, 7) is 5.14. The number of aromatic amines is 1. The van der Waals surface area contributed by atoms with Gasteiger partial charge in [0.2, 0.25) is 6.79 Å². The van der Waals surface area contributed by atoms with Gasteiger partial charge in [0.25, 0.3) is 0 Å². The molecule has 14 nitrogen and oxygen atoms in total. The highest BCUT2D eigenvalue weighted by molar-refractivity contribution is 7.99. The van der Waals surface area contributed by atoms with Crippen molar-refractivity contribution < 1.29 is 38.4 Å². The van der Waals surface area contributed by atoms with E-state index in [1.165, 1.54) is 25.8 Å². The number of nitrogens with one attached hydrogen (secondary N) is 2. The number of carbonyl (C=O) groups is 2. The number of esters is 2. The number of nitriles is 1. The lowest BCUT2D eigenvalue weighted by Gasteiger charge is -2.53. The summed E-state index contributed by atoms with van der Waals surface area (Å²) in [4.78, 5) is 35.9. The Balaban J connectivity index is 1.35. The van der Waals surface area contributed by atoms with Crippen molar-refractivity contribution in [3.8, 4) is 34.8 Å². The van der Waals surface area contributed by atoms with Crippen LogP contribution in [-0.2, 0) is 32.7 Å². The number of carbonyl (C=O) groups excluding carboxylic acids is 2. The second-order valence-electron chi connectivity index (χ2n) is 15.8. The van der Waals surface area contributed by atoms with Gasteiger partial charge in [0, 0.05) is 70.9 Å². The monoisotopic (exact) mass is 794 g/mol. The molecule has 6 aliphatic rings. The smallest absolute Gasteiger partial charge is 0.333 e. The van der Waals surface area contributed by atoms with E-state index in [0.29, 0.717) is 51.7 Å². The average Bonchev–Trinajstić information content (AvgIpc) is 3.80. The fraction of sp³-hybridized carbons (Fsp3) is 0.452. The zero-order valence-corrected chi connectivity index (χ0v) is 33.5. The first-order chi connectivity index (χ1) is 27.4. The van der Waals surface area contributed by atoms with Crippen molar-refractivity contribution in [2.24, 2.45) is 5.73 Å². The first-order valence-electron chi connectivity index (χ1n) is 19.2. The molecule has 7 heterocycles. The summed E-state index contributed by atoms with van der Waals surface area (Å²) in [5.74, 6) is 0.804. The Morgan fingerprint density at radius 3 is 2.63 bits per heavy atom. The molecule has 15 heteroatoms. The summed E-state index contributed by atoms with van der Waals surface area (Å²) in [6.07, 6.45) is 0.885. The number of likely N-dealkylation sites (N-methyl/N-ethyl adjacent to an activating group) is 1. The molecule has 3 aromatic carbocycles. The van der Waals surface area contributed by atoms with E-state index >= 15 is 4.79 Å². The number of ether oxygens (including phenoxy) is 5. The highest BCUT2D eigenvalue weighted by atomic mass is 32.2. The number of nitrogens with two attached hydrogens (primary N) is 1. The van der Waals surface area contributed by atoms with Crippen molar-refractivity contribution in [2.75, 3.05) is 46.9 Å². The largest absolute Gasteiger partial charge is 0.504 e. The summed E-state index contributed by atoms with van der Waals surface area (Å²) in [5, 5.41) is 27.4. The minimum Gasteiger partial charge on any atom is -0.504 e. The third-order valence-corrected chi connectivity index (χ3v) is 13.9. The number of methoxy groups -OCH3 is 1. The second-order valence-corrected chi connectivity index (χ2v) is 17.0. The number of benzene rings is 3. The molecule has 1 fully saturated rings. The zero-order valence-electron chi connectivity index (χ0n) is 32.7. The Morgan fingerprint density at radius 2 is 1.91 bits per heavy atom. The van der Waals surface area contributed by atoms with E-state index in [9.17, 15) is 15.2 Å². The fourth-order valence-electron chi connectivity index (χ4n) is 10.2. The number of aromatic nitrogens is 1. The van der Waals surface area contributed by atoms with E-state index in [0.717, 1.165) is 33.3 Å². The van der Waals surface area contributed by atoms with E-state index in [2.05, 4.69) is 32.2 Å². The van der Waals surface area contributed by atoms with Crippen LogP contribution in [0.15, 0.2) is 30.3 Å². The normalized spacial score (nSPS) is 27.5. The molecule has 10 rings (SSSR count). The summed E-state index contributed by atoms with van der Waals surface area (Å²) >= 11 is 1.51. The van der Waals surface area contributed by atoms with Gasteiger partial charge in [-0.1, -0.05) is 24.3 Å². The van der Waals surface area contributed by atoms with Gasteiger partial charge in [0.15, 0.2) is 28.5 Å². The van der Waals surface area contributed by atoms with Gasteiger partial charge in [0.1, 0.15) is 18.4 Å². The third kappa shape index (κ3) is 5.45. The van der Waals surface area contributed by atoms with Gasteiger partial charge < -0.3 is 44.4 Å². The fourth-order valence-corrected chi connectivity index (χ4v) is 11.9. The number of phenols is 1. The maximum absolute atomic E-state index is 15.1. The van der Waals surface area contributed by atoms with Crippen LogP contribution in [0.3, 0.4) is 0 Å². The van der Waals surface area contributed by atoms with Crippen molar-refractivity contribution in [1.29, 1.82) is 5.26 Å². The Labute approximate surface area is 334 Å². The van der Waals surface area contributed by atoms with E-state index in [4.69, 9.17) is 29.4 Å². The van der Waals surface area contributed by atoms with Gasteiger partial charge in [-0.15, -0.1) is 11.8 Å². The molecule has 57 heavy (non-hydrogen) atoms. The molecule has 1 saturated heterocycles. The number of para-hydroxylation sites is 1. The number of phenolic OH excluding ortho intramolecular Hbond substituents is 1. The quantitative estimate of drug-likeness (QED) is 0.169. The maximum atomic E-state index is 15.1. The molecule has 0 radical (unpaired) electrons. The predicted molar refractivity (Wildman–Crippen MR) is 212 cm³/mol. The Hall–Kier alpha value is -4.98. The Bertz CT molecular complexity index is 2390. The second kappa shape index (κ2) is 13.8. The number of aromatic hydroxyl groups is 1. The molecular weight excluding hydrogens is 749 g/mol. The molecule has 1 spiro atoms. The minimum atomic E-state index is -1.36. The maximum Gasteiger partial charge on any atom is 0.333 e. The molecule has 0 saturated carbocycles. The topological polar surface area (TPSA) is 185 Å². The van der Waals surface area contributed by atoms with Gasteiger partial charge in [-0.25, -0.2) is 4.79 Å². The van der Waals surface area contributed by atoms with Crippen molar-refractivity contribution in [3.63, 3.8) is 0 Å². The molecule has 0 aliphatic carbocycles. The molecule has 4 aromatic rings. The van der Waals surface area contributed by atoms with Crippen LogP contribution in [0, 0.1) is 25.2 Å². The van der Waals surface area contributed by atoms with Crippen LogP contribution < -0.4 is 30.0 Å². The first kappa shape index (κ1) is 37.6. The van der Waals surface area contributed by atoms with Crippen LogP contribution in [0.1, 0.15) is 68.9 Å². The summed E-state index contributed by atoms with van der Waals surface area (Å²) in [7, 11) is 5.44. The molecular formula is C42H46N6O8S. The number of H-pyrrole nitrogens is 1. The standard InChI is InChI=1S/C42H46N6O8S/c1-19-11-22-12-24(15-44)48-28-16-53-41(51)42(40-26(13-23(14-43)46-42)25-9-7-8-10-27(25)45-40)17-57-39(33(48)32(47(4)5)29(22)34(50)35(19)52-6)31-30(28)38-37(54-18-55-38)20(2)36(31)56-21(3)49/h7-11,23-24,28,32-33,39,45-46,50H,12-14,16-18,43H2,1-6H3/t23-,24?,28+,32+,33-,39-,42-/m1/s1. The average molecular weight is 795 g/mol. The number of rotatable bonds is 4. The highest BCUT2D eigenvalue weighted by Crippen LogP contribution is 2.63. The van der Waals surface area contributed by atoms with Gasteiger partial charge in [0.05, 0.1) is 36.2 Å². The van der Waals surface area contributed by atoms with Gasteiger partial charge in [-0.2, -0.15) is 5.26 Å². The number of fused-ring (bicyclic) bond motifs is 8. The molecule has 7 atom stereocenters. The third-order valence-electron chi connectivity index (χ3n) is 12.4. The van der Waals surface area contributed by atoms with E-state index < -0.39 is 46.9 Å². The predicted octanol–water partition coefficient (Wildman–Crippen LogP) is 4.33. The van der Waals surface area contributed by atoms with E-state index in [-0.39, 0.29) is 43.9 Å². The van der Waals surface area contributed by atoms with Gasteiger partial charge >= 0.3 is 11.9 Å². The van der Waals surface area contributed by atoms with Crippen LogP contribution in [0.4, 0.5) is 0 Å². The van der Waals surface area contributed by atoms with Gasteiger partial charge in [-0.05, 0) is 57.1 Å². The molecule has 6 aliphatic heterocycles. The summed E-state index contributed by atoms with van der Waals surface area (Å²) < 4.78 is 30.8. The number of thioether (sulfide) groups is 1. The van der Waals surface area contributed by atoms with Crippen molar-refractivity contribution in [2.45, 2.75) is 74.6 Å². The van der Waals surface area contributed by atoms with E-state index in [1.807, 2.05) is 52.2 Å². The SMILES string of the molecule is COc1c(C)cc2c(c1O)[C@H](N(C)C)[C@@H]1[C@@H]3SC[C@]4(N[C@@H](CN)Cc5c4[nH]c4ccccc54)C(=O)OC[C@@H](c4c5c(c(C)c(OC(C)=O)c43)OCO5)N1C(C#N)C2. The molecule has 2 bridgehead atoms. The lowest BCUT2D eigenvalue weighted by molar-refractivity contribution is -0.155. The number of hydrogen-bond acceptors (Lipinski definition) is 14. The number of hydrogen-bond donors (Lipinski definition) is 4. The van der Waals surface area contributed by atoms with Crippen LogP contribution in [-0.4, -0.2) is 96.9 Å². The van der Waals surface area contributed by atoms with Crippen LogP contribution in [0.25, 0.3) is 10.9 Å². The van der Waals surface area contributed by atoms with Gasteiger partial charge in [-0.3, -0.25) is 15.0 Å². The van der Waals surface area contributed by atoms with Crippen LogP contribution >= 0.6 is 11.8 Å². The first-order valence-corrected chi connectivity index (χ1v) is 20.2. The number of aryl methyl sites for hydroxylation is 1. The van der Waals surface area contributed by atoms with Crippen LogP contribution in [0.2, 0.25) is 0 Å². The van der Waals surface area contributed by atoms with Crippen molar-refractivity contribution in [1.82, 2.24) is 20.1 Å². The minimum absolute atomic E-state index is 0.00959. The molecule has 0 amide bonds. The van der Waals surface area contributed by atoms with E-state index in [1.54, 1.807) is 0 Å². The van der Waals surface area contributed by atoms with Crippen molar-refractivity contribution >= 4 is 34.6 Å². The summed E-state index contributed by atoms with van der Waals surface area (Å²) in [6, 6.07) is 9.73. The van der Waals surface area contributed by atoms with Crippen molar-refractivity contribution in [3.05, 3.63) is 75.0 Å². The van der Waals surface area contributed by atoms with Crippen LogP contribution in [0.5, 0.6) is 28.7 Å². The Kier molecular flexibility index (Phi) is 9.13. The number of nitrogens with zero attached hydrogens (tertiary/aromatic N) is 3. The highest BCUT2D eigenvalue weighted by Gasteiger charge is 2.58. The summed E-state index contributed by atoms with van der Waals surface area (Å²) in [5.41, 5.74) is 11.8. The molecule has 298 valence electrons.